The van der Waals surface area contributed by atoms with E-state index in [-0.39, 0.29) is 18.0 Å². The van der Waals surface area contributed by atoms with Crippen LogP contribution in [0, 0.1) is 6.92 Å². The molecule has 0 radical (unpaired) electrons. The number of pyridine rings is 1. The molecule has 0 atom stereocenters. The highest BCUT2D eigenvalue weighted by molar-refractivity contribution is 5.56. The van der Waals surface area contributed by atoms with Crippen molar-refractivity contribution in [2.75, 3.05) is 7.11 Å². The third-order valence-electron chi connectivity index (χ3n) is 4.21. The predicted octanol–water partition coefficient (Wildman–Crippen LogP) is 1.86. The zero-order valence-corrected chi connectivity index (χ0v) is 15.6. The number of aryl methyl sites for hydroxylation is 2. The van der Waals surface area contributed by atoms with E-state index >= 15 is 0 Å². The Labute approximate surface area is 159 Å². The summed E-state index contributed by atoms with van der Waals surface area (Å²) in [5.74, 6) is 1.65. The average molecular weight is 382 g/mol. The van der Waals surface area contributed by atoms with E-state index in [1.165, 1.54) is 11.6 Å². The molecule has 4 rings (SSSR count). The van der Waals surface area contributed by atoms with Crippen LogP contribution < -0.4 is 15.0 Å². The van der Waals surface area contributed by atoms with Crippen LogP contribution in [0.1, 0.15) is 18.2 Å². The number of aromatic nitrogens is 6. The van der Waals surface area contributed by atoms with Crippen LogP contribution in [0.4, 0.5) is 0 Å². The van der Waals surface area contributed by atoms with E-state index in [9.17, 15) is 4.79 Å². The third-order valence-corrected chi connectivity index (χ3v) is 4.21. The summed E-state index contributed by atoms with van der Waals surface area (Å²) in [6.07, 6.45) is 1.74. The monoisotopic (exact) mass is 382 g/mol. The molecule has 0 unspecified atom stereocenters. The first-order chi connectivity index (χ1) is 13.6. The number of hydrogen-bond donors (Lipinski definition) is 0. The van der Waals surface area contributed by atoms with E-state index < -0.39 is 0 Å². The largest absolute Gasteiger partial charge is 0.491 e. The molecular formula is C18H18N6O4. The van der Waals surface area contributed by atoms with Crippen molar-refractivity contribution in [1.82, 2.24) is 29.5 Å². The quantitative estimate of drug-likeness (QED) is 0.497. The van der Waals surface area contributed by atoms with Crippen molar-refractivity contribution in [3.63, 3.8) is 0 Å². The second kappa shape index (κ2) is 7.14. The van der Waals surface area contributed by atoms with Crippen LogP contribution >= 0.6 is 0 Å². The van der Waals surface area contributed by atoms with Gasteiger partial charge >= 0.3 is 0 Å². The fraction of sp³-hybridized carbons (Fsp3) is 0.278. The molecule has 4 aromatic heterocycles. The predicted molar refractivity (Wildman–Crippen MR) is 98.3 cm³/mol. The van der Waals surface area contributed by atoms with Gasteiger partial charge in [0.1, 0.15) is 12.4 Å². The van der Waals surface area contributed by atoms with Crippen molar-refractivity contribution in [3.05, 3.63) is 52.1 Å². The van der Waals surface area contributed by atoms with Gasteiger partial charge in [0.05, 0.1) is 12.7 Å². The molecule has 0 spiro atoms. The first-order valence-corrected chi connectivity index (χ1v) is 8.66. The van der Waals surface area contributed by atoms with E-state index in [0.29, 0.717) is 40.8 Å². The Morgan fingerprint density at radius 3 is 2.82 bits per heavy atom. The van der Waals surface area contributed by atoms with Gasteiger partial charge in [-0.1, -0.05) is 5.16 Å². The summed E-state index contributed by atoms with van der Waals surface area (Å²) in [6, 6.07) is 6.92. The Hall–Kier alpha value is -3.69. The van der Waals surface area contributed by atoms with Gasteiger partial charge in [-0.2, -0.15) is 4.52 Å². The molecule has 10 nitrogen and oxygen atoms in total. The maximum absolute atomic E-state index is 12.4. The summed E-state index contributed by atoms with van der Waals surface area (Å²) in [5.41, 5.74) is 1.38. The van der Waals surface area contributed by atoms with Crippen LogP contribution in [0.3, 0.4) is 0 Å². The molecular weight excluding hydrogens is 364 g/mol. The lowest BCUT2D eigenvalue weighted by Gasteiger charge is -2.10. The van der Waals surface area contributed by atoms with E-state index in [1.807, 2.05) is 13.0 Å². The lowest BCUT2D eigenvalue weighted by Crippen LogP contribution is -2.23. The Morgan fingerprint density at radius 2 is 2.11 bits per heavy atom. The highest BCUT2D eigenvalue weighted by Crippen LogP contribution is 2.27. The summed E-state index contributed by atoms with van der Waals surface area (Å²) >= 11 is 0. The van der Waals surface area contributed by atoms with Crippen molar-refractivity contribution in [3.8, 4) is 23.1 Å². The summed E-state index contributed by atoms with van der Waals surface area (Å²) in [4.78, 5) is 12.4. The Bertz CT molecular complexity index is 1190. The Morgan fingerprint density at radius 1 is 1.25 bits per heavy atom. The summed E-state index contributed by atoms with van der Waals surface area (Å²) in [7, 11) is 1.51. The second-order valence-electron chi connectivity index (χ2n) is 6.05. The van der Waals surface area contributed by atoms with E-state index in [2.05, 4.69) is 20.5 Å². The van der Waals surface area contributed by atoms with Gasteiger partial charge < -0.3 is 18.6 Å². The molecule has 4 aromatic rings. The second-order valence-corrected chi connectivity index (χ2v) is 6.05. The number of nitrogens with zero attached hydrogens (tertiary/aromatic N) is 6. The normalized spacial score (nSPS) is 11.1. The van der Waals surface area contributed by atoms with Crippen molar-refractivity contribution in [1.29, 1.82) is 0 Å². The molecule has 0 saturated carbocycles. The first kappa shape index (κ1) is 17.7. The molecule has 4 heterocycles. The van der Waals surface area contributed by atoms with Crippen molar-refractivity contribution < 1.29 is 14.0 Å². The molecule has 0 aromatic carbocycles. The smallest absolute Gasteiger partial charge is 0.275 e. The van der Waals surface area contributed by atoms with Crippen LogP contribution in [-0.2, 0) is 13.2 Å². The van der Waals surface area contributed by atoms with Gasteiger partial charge in [0.2, 0.25) is 5.82 Å². The van der Waals surface area contributed by atoms with Gasteiger partial charge in [-0.15, -0.1) is 15.3 Å². The standard InChI is InChI=1S/C18H18N6O4/c1-4-23-7-5-6-12(18(23)25)10-27-17-14(26-3)9-15-19-20-16(24(15)21-17)13-8-11(2)28-22-13/h5-9H,4,10H2,1-3H3. The van der Waals surface area contributed by atoms with Crippen LogP contribution in [0.5, 0.6) is 11.6 Å². The average Bonchev–Trinajstić information content (AvgIpc) is 3.31. The number of hydrogen-bond acceptors (Lipinski definition) is 8. The van der Waals surface area contributed by atoms with Crippen LogP contribution in [0.2, 0.25) is 0 Å². The van der Waals surface area contributed by atoms with E-state index in [1.54, 1.807) is 35.9 Å². The van der Waals surface area contributed by atoms with Gasteiger partial charge in [0, 0.05) is 24.9 Å². The van der Waals surface area contributed by atoms with E-state index in [4.69, 9.17) is 14.0 Å². The molecule has 0 aliphatic carbocycles. The fourth-order valence-corrected chi connectivity index (χ4v) is 2.77. The van der Waals surface area contributed by atoms with Crippen LogP contribution in [0.25, 0.3) is 17.2 Å². The Balaban J connectivity index is 1.71. The van der Waals surface area contributed by atoms with Crippen molar-refractivity contribution >= 4 is 5.65 Å². The van der Waals surface area contributed by atoms with Gasteiger partial charge in [-0.25, -0.2) is 0 Å². The molecule has 0 fully saturated rings. The maximum atomic E-state index is 12.4. The number of rotatable bonds is 6. The van der Waals surface area contributed by atoms with Crippen LogP contribution in [-0.4, -0.2) is 36.6 Å². The molecule has 0 aliphatic heterocycles. The maximum Gasteiger partial charge on any atom is 0.275 e. The highest BCUT2D eigenvalue weighted by Gasteiger charge is 2.18. The van der Waals surface area contributed by atoms with Crippen molar-refractivity contribution in [2.24, 2.45) is 0 Å². The number of ether oxygens (including phenoxy) is 2. The first-order valence-electron chi connectivity index (χ1n) is 8.66. The molecule has 0 amide bonds. The third kappa shape index (κ3) is 3.08. The number of methoxy groups -OCH3 is 1. The van der Waals surface area contributed by atoms with Gasteiger partial charge in [-0.05, 0) is 26.0 Å². The van der Waals surface area contributed by atoms with E-state index in [0.717, 1.165) is 0 Å². The SMILES string of the molecule is CCn1cccc(COc2nn3c(-c4cc(C)on4)nnc3cc2OC)c1=O. The Kier molecular flexibility index (Phi) is 4.52. The fourth-order valence-electron chi connectivity index (χ4n) is 2.77. The zero-order chi connectivity index (χ0) is 19.7. The molecule has 28 heavy (non-hydrogen) atoms. The van der Waals surface area contributed by atoms with Gasteiger partial charge in [0.25, 0.3) is 11.4 Å². The summed E-state index contributed by atoms with van der Waals surface area (Å²) < 4.78 is 19.3. The highest BCUT2D eigenvalue weighted by atomic mass is 16.5. The minimum absolute atomic E-state index is 0.0507. The minimum Gasteiger partial charge on any atom is -0.491 e. The molecule has 0 bridgehead atoms. The molecule has 0 N–H and O–H groups in total. The topological polar surface area (TPSA) is 110 Å². The summed E-state index contributed by atoms with van der Waals surface area (Å²) in [6.45, 7) is 4.33. The lowest BCUT2D eigenvalue weighted by atomic mass is 10.3. The van der Waals surface area contributed by atoms with Gasteiger partial charge in [-0.3, -0.25) is 4.79 Å². The lowest BCUT2D eigenvalue weighted by molar-refractivity contribution is 0.266. The van der Waals surface area contributed by atoms with Crippen molar-refractivity contribution in [2.45, 2.75) is 27.0 Å². The van der Waals surface area contributed by atoms with Crippen LogP contribution in [0.15, 0.2) is 39.8 Å². The minimum atomic E-state index is -0.104. The molecule has 10 heteroatoms. The number of fused-ring (bicyclic) bond motifs is 1. The molecule has 0 saturated heterocycles. The molecule has 144 valence electrons. The van der Waals surface area contributed by atoms with Gasteiger partial charge in [0.15, 0.2) is 17.1 Å². The zero-order valence-electron chi connectivity index (χ0n) is 15.6. The summed E-state index contributed by atoms with van der Waals surface area (Å²) in [5, 5.41) is 16.6. The molecule has 0 aliphatic rings.